The number of nitrogens with zero attached hydrogens (tertiary/aromatic N) is 3. The Labute approximate surface area is 166 Å². The van der Waals surface area contributed by atoms with Crippen LogP contribution >= 0.6 is 11.3 Å². The number of carbonyl (C=O) groups excluding carboxylic acids is 1. The molecule has 3 aromatic rings. The topological polar surface area (TPSA) is 54.9 Å². The molecule has 1 aromatic heterocycles. The SMILES string of the molecule is COc1cc(OC)cc(C(=O)N2CCN(c3nc4c(F)cccc4s3)CC2)c1. The highest BCUT2D eigenvalue weighted by molar-refractivity contribution is 7.22. The third-order valence-electron chi connectivity index (χ3n) is 4.79. The largest absolute Gasteiger partial charge is 0.497 e. The molecule has 2 aromatic carbocycles. The monoisotopic (exact) mass is 401 g/mol. The van der Waals surface area contributed by atoms with Crippen molar-refractivity contribution in [3.63, 3.8) is 0 Å². The van der Waals surface area contributed by atoms with Crippen LogP contribution in [-0.4, -0.2) is 56.2 Å². The van der Waals surface area contributed by atoms with Crippen molar-refractivity contribution in [3.8, 4) is 11.5 Å². The van der Waals surface area contributed by atoms with Gasteiger partial charge in [-0.1, -0.05) is 17.4 Å². The Kier molecular flexibility index (Phi) is 5.04. The molecule has 1 amide bonds. The number of benzene rings is 2. The maximum Gasteiger partial charge on any atom is 0.254 e. The number of ether oxygens (including phenoxy) is 2. The third kappa shape index (κ3) is 3.47. The molecule has 4 rings (SSSR count). The normalized spacial score (nSPS) is 14.4. The zero-order valence-corrected chi connectivity index (χ0v) is 16.5. The van der Waals surface area contributed by atoms with Gasteiger partial charge in [0.25, 0.3) is 5.91 Å². The van der Waals surface area contributed by atoms with E-state index in [9.17, 15) is 9.18 Å². The second kappa shape index (κ2) is 7.63. The predicted molar refractivity (Wildman–Crippen MR) is 107 cm³/mol. The quantitative estimate of drug-likeness (QED) is 0.671. The van der Waals surface area contributed by atoms with Crippen LogP contribution in [0.3, 0.4) is 0 Å². The molecule has 1 fully saturated rings. The van der Waals surface area contributed by atoms with Gasteiger partial charge in [-0.05, 0) is 24.3 Å². The molecular weight excluding hydrogens is 381 g/mol. The molecule has 0 radical (unpaired) electrons. The van der Waals surface area contributed by atoms with Crippen molar-refractivity contribution in [2.45, 2.75) is 0 Å². The van der Waals surface area contributed by atoms with Gasteiger partial charge in [0.05, 0.1) is 18.9 Å². The van der Waals surface area contributed by atoms with Crippen LogP contribution in [0, 0.1) is 5.82 Å². The number of amides is 1. The number of rotatable bonds is 4. The highest BCUT2D eigenvalue weighted by Gasteiger charge is 2.25. The van der Waals surface area contributed by atoms with Crippen molar-refractivity contribution in [2.24, 2.45) is 0 Å². The molecule has 1 aliphatic heterocycles. The summed E-state index contributed by atoms with van der Waals surface area (Å²) in [6.07, 6.45) is 0. The molecule has 0 aliphatic carbocycles. The van der Waals surface area contributed by atoms with E-state index in [1.165, 1.54) is 17.4 Å². The van der Waals surface area contributed by atoms with Crippen LogP contribution in [0.15, 0.2) is 36.4 Å². The molecule has 1 aliphatic rings. The summed E-state index contributed by atoms with van der Waals surface area (Å²) in [6, 6.07) is 10.2. The fourth-order valence-corrected chi connectivity index (χ4v) is 4.28. The van der Waals surface area contributed by atoms with Crippen LogP contribution in [0.5, 0.6) is 11.5 Å². The molecule has 0 N–H and O–H groups in total. The number of piperazine rings is 1. The Morgan fingerprint density at radius 1 is 1.07 bits per heavy atom. The van der Waals surface area contributed by atoms with Crippen molar-refractivity contribution < 1.29 is 18.7 Å². The number of hydrogen-bond acceptors (Lipinski definition) is 6. The van der Waals surface area contributed by atoms with Crippen molar-refractivity contribution in [1.29, 1.82) is 0 Å². The molecule has 0 spiro atoms. The van der Waals surface area contributed by atoms with Crippen molar-refractivity contribution in [1.82, 2.24) is 9.88 Å². The van der Waals surface area contributed by atoms with Crippen LogP contribution < -0.4 is 14.4 Å². The minimum Gasteiger partial charge on any atom is -0.497 e. The summed E-state index contributed by atoms with van der Waals surface area (Å²) in [4.78, 5) is 21.2. The highest BCUT2D eigenvalue weighted by atomic mass is 32.1. The number of aromatic nitrogens is 1. The van der Waals surface area contributed by atoms with Crippen LogP contribution in [-0.2, 0) is 0 Å². The lowest BCUT2D eigenvalue weighted by Crippen LogP contribution is -2.48. The van der Waals surface area contributed by atoms with Gasteiger partial charge in [-0.2, -0.15) is 0 Å². The number of thiazole rings is 1. The molecule has 28 heavy (non-hydrogen) atoms. The predicted octanol–water partition coefficient (Wildman–Crippen LogP) is 3.42. The number of halogens is 1. The van der Waals surface area contributed by atoms with Gasteiger partial charge in [0.1, 0.15) is 22.8 Å². The third-order valence-corrected chi connectivity index (χ3v) is 5.88. The molecule has 1 saturated heterocycles. The number of para-hydroxylation sites is 1. The Bertz CT molecular complexity index is 993. The molecule has 6 nitrogen and oxygen atoms in total. The smallest absolute Gasteiger partial charge is 0.254 e. The zero-order valence-electron chi connectivity index (χ0n) is 15.6. The summed E-state index contributed by atoms with van der Waals surface area (Å²) in [5.74, 6) is 0.795. The van der Waals surface area contributed by atoms with Gasteiger partial charge in [-0.3, -0.25) is 4.79 Å². The van der Waals surface area contributed by atoms with E-state index >= 15 is 0 Å². The van der Waals surface area contributed by atoms with E-state index in [1.54, 1.807) is 43.4 Å². The fourth-order valence-electron chi connectivity index (χ4n) is 3.25. The molecule has 8 heteroatoms. The highest BCUT2D eigenvalue weighted by Crippen LogP contribution is 2.31. The lowest BCUT2D eigenvalue weighted by molar-refractivity contribution is 0.0746. The zero-order chi connectivity index (χ0) is 19.7. The Balaban J connectivity index is 1.47. The first kappa shape index (κ1) is 18.5. The fraction of sp³-hybridized carbons (Fsp3) is 0.300. The van der Waals surface area contributed by atoms with Crippen LogP contribution in [0.4, 0.5) is 9.52 Å². The Hall–Kier alpha value is -2.87. The number of carbonyl (C=O) groups is 1. The minimum absolute atomic E-state index is 0.0628. The summed E-state index contributed by atoms with van der Waals surface area (Å²) in [5, 5.41) is 0.787. The Morgan fingerprint density at radius 2 is 1.75 bits per heavy atom. The lowest BCUT2D eigenvalue weighted by atomic mass is 10.1. The van der Waals surface area contributed by atoms with E-state index in [0.717, 1.165) is 9.83 Å². The number of anilines is 1. The second-order valence-electron chi connectivity index (χ2n) is 6.46. The molecule has 146 valence electrons. The molecular formula is C20H20FN3O3S. The van der Waals surface area contributed by atoms with Crippen molar-refractivity contribution >= 4 is 32.6 Å². The first-order valence-corrected chi connectivity index (χ1v) is 9.73. The van der Waals surface area contributed by atoms with E-state index < -0.39 is 0 Å². The van der Waals surface area contributed by atoms with E-state index in [0.29, 0.717) is 48.8 Å². The average molecular weight is 401 g/mol. The summed E-state index contributed by atoms with van der Waals surface area (Å²) in [5.41, 5.74) is 0.941. The van der Waals surface area contributed by atoms with Gasteiger partial charge in [0, 0.05) is 37.8 Å². The maximum atomic E-state index is 13.9. The van der Waals surface area contributed by atoms with Gasteiger partial charge >= 0.3 is 0 Å². The molecule has 0 bridgehead atoms. The van der Waals surface area contributed by atoms with E-state index in [4.69, 9.17) is 9.47 Å². The van der Waals surface area contributed by atoms with Crippen LogP contribution in [0.2, 0.25) is 0 Å². The number of fused-ring (bicyclic) bond motifs is 1. The standard InChI is InChI=1S/C20H20FN3O3S/c1-26-14-10-13(11-15(12-14)27-2)19(25)23-6-8-24(9-7-23)20-22-18-16(21)4-3-5-17(18)28-20/h3-5,10-12H,6-9H2,1-2H3. The molecule has 0 saturated carbocycles. The number of hydrogen-bond donors (Lipinski definition) is 0. The lowest BCUT2D eigenvalue weighted by Gasteiger charge is -2.34. The average Bonchev–Trinajstić information content (AvgIpc) is 3.18. The molecule has 2 heterocycles. The van der Waals surface area contributed by atoms with Crippen molar-refractivity contribution in [2.75, 3.05) is 45.3 Å². The molecule has 0 atom stereocenters. The van der Waals surface area contributed by atoms with Gasteiger partial charge in [0.15, 0.2) is 5.13 Å². The summed E-state index contributed by atoms with van der Waals surface area (Å²) >= 11 is 1.47. The first-order chi connectivity index (χ1) is 13.6. The van der Waals surface area contributed by atoms with Gasteiger partial charge in [-0.15, -0.1) is 0 Å². The van der Waals surface area contributed by atoms with Gasteiger partial charge in [-0.25, -0.2) is 9.37 Å². The summed E-state index contributed by atoms with van der Waals surface area (Å²) in [7, 11) is 3.12. The first-order valence-electron chi connectivity index (χ1n) is 8.91. The summed E-state index contributed by atoms with van der Waals surface area (Å²) in [6.45, 7) is 2.43. The van der Waals surface area contributed by atoms with Gasteiger partial charge in [0.2, 0.25) is 0 Å². The summed E-state index contributed by atoms with van der Waals surface area (Å²) < 4.78 is 25.2. The maximum absolute atomic E-state index is 13.9. The second-order valence-corrected chi connectivity index (χ2v) is 7.47. The van der Waals surface area contributed by atoms with E-state index in [-0.39, 0.29) is 11.7 Å². The van der Waals surface area contributed by atoms with Crippen LogP contribution in [0.25, 0.3) is 10.2 Å². The molecule has 0 unspecified atom stereocenters. The number of methoxy groups -OCH3 is 2. The van der Waals surface area contributed by atoms with Crippen LogP contribution in [0.1, 0.15) is 10.4 Å². The minimum atomic E-state index is -0.305. The van der Waals surface area contributed by atoms with E-state index in [2.05, 4.69) is 9.88 Å². The Morgan fingerprint density at radius 3 is 2.36 bits per heavy atom. The van der Waals surface area contributed by atoms with Crippen molar-refractivity contribution in [3.05, 3.63) is 47.8 Å². The van der Waals surface area contributed by atoms with Gasteiger partial charge < -0.3 is 19.3 Å². The van der Waals surface area contributed by atoms with E-state index in [1.807, 2.05) is 6.07 Å².